The minimum Gasteiger partial charge on any atom is -0.465 e. The van der Waals surface area contributed by atoms with Gasteiger partial charge in [-0.15, -0.1) is 5.10 Å². The van der Waals surface area contributed by atoms with Crippen molar-refractivity contribution in [2.75, 3.05) is 44.2 Å². The lowest BCUT2D eigenvalue weighted by Crippen LogP contribution is -2.48. The largest absolute Gasteiger partial charge is 0.465 e. The molecule has 7 nitrogen and oxygen atoms in total. The number of esters is 1. The normalized spacial score (nSPS) is 15.1. The molecule has 1 saturated heterocycles. The van der Waals surface area contributed by atoms with Gasteiger partial charge in [-0.25, -0.2) is 13.8 Å². The fourth-order valence-electron chi connectivity index (χ4n) is 2.75. The zero-order valence-corrected chi connectivity index (χ0v) is 14.4. The second-order valence-electron chi connectivity index (χ2n) is 5.83. The first-order chi connectivity index (χ1) is 12.6. The summed E-state index contributed by atoms with van der Waals surface area (Å²) >= 11 is 0. The summed E-state index contributed by atoms with van der Waals surface area (Å²) in [6.07, 6.45) is 1.30. The number of carbonyl (C=O) groups is 1. The fourth-order valence-corrected chi connectivity index (χ4v) is 2.75. The summed E-state index contributed by atoms with van der Waals surface area (Å²) in [5.41, 5.74) is 0.267. The molecule has 0 amide bonds. The van der Waals surface area contributed by atoms with Crippen molar-refractivity contribution in [3.63, 3.8) is 0 Å². The number of benzene rings is 1. The summed E-state index contributed by atoms with van der Waals surface area (Å²) in [7, 11) is 0. The molecule has 1 aromatic heterocycles. The maximum absolute atomic E-state index is 13.9. The smallest absolute Gasteiger partial charge is 0.320 e. The third kappa shape index (κ3) is 4.29. The Bertz CT molecular complexity index is 781. The second kappa shape index (κ2) is 8.13. The maximum atomic E-state index is 13.9. The summed E-state index contributed by atoms with van der Waals surface area (Å²) in [4.78, 5) is 19.7. The molecule has 1 fully saturated rings. The highest BCUT2D eigenvalue weighted by molar-refractivity contribution is 5.71. The van der Waals surface area contributed by atoms with Gasteiger partial charge in [0.05, 0.1) is 25.0 Å². The molecule has 9 heteroatoms. The lowest BCUT2D eigenvalue weighted by Gasteiger charge is -2.33. The molecule has 1 aliphatic rings. The van der Waals surface area contributed by atoms with E-state index >= 15 is 0 Å². The van der Waals surface area contributed by atoms with Gasteiger partial charge in [-0.2, -0.15) is 5.10 Å². The Hall–Kier alpha value is -2.68. The average molecular weight is 363 g/mol. The van der Waals surface area contributed by atoms with Crippen LogP contribution in [0.2, 0.25) is 0 Å². The number of aromatic nitrogens is 3. The van der Waals surface area contributed by atoms with Crippen molar-refractivity contribution >= 4 is 11.9 Å². The number of carbonyl (C=O) groups excluding carboxylic acids is 1. The topological polar surface area (TPSA) is 71.5 Å². The summed E-state index contributed by atoms with van der Waals surface area (Å²) in [5.74, 6) is -1.02. The molecule has 2 heterocycles. The number of piperazine rings is 1. The van der Waals surface area contributed by atoms with Crippen molar-refractivity contribution in [3.05, 3.63) is 36.0 Å². The summed E-state index contributed by atoms with van der Waals surface area (Å²) in [5, 5.41) is 7.86. The van der Waals surface area contributed by atoms with Crippen LogP contribution in [0.1, 0.15) is 6.92 Å². The number of hydrogen-bond acceptors (Lipinski definition) is 7. The lowest BCUT2D eigenvalue weighted by atomic mass is 10.1. The average Bonchev–Trinajstić information content (AvgIpc) is 2.64. The number of rotatable bonds is 5. The number of hydrogen-bond donors (Lipinski definition) is 0. The van der Waals surface area contributed by atoms with Gasteiger partial charge in [0.2, 0.25) is 5.95 Å². The number of ether oxygens (including phenoxy) is 1. The van der Waals surface area contributed by atoms with Gasteiger partial charge in [-0.3, -0.25) is 9.69 Å². The Labute approximate surface area is 149 Å². The molecule has 3 rings (SSSR count). The predicted molar refractivity (Wildman–Crippen MR) is 90.5 cm³/mol. The van der Waals surface area contributed by atoms with E-state index in [1.807, 2.05) is 9.80 Å². The molecular weight excluding hydrogens is 344 g/mol. The van der Waals surface area contributed by atoms with Crippen molar-refractivity contribution in [3.8, 4) is 11.3 Å². The molecule has 138 valence electrons. The SMILES string of the molecule is CCOC(=O)CN1CCN(c2nncc(-c3cc(F)ccc3F)n2)CC1. The molecular formula is C17H19F2N5O2. The lowest BCUT2D eigenvalue weighted by molar-refractivity contribution is -0.144. The van der Waals surface area contributed by atoms with E-state index in [-0.39, 0.29) is 23.8 Å². The van der Waals surface area contributed by atoms with Gasteiger partial charge in [0.15, 0.2) is 0 Å². The van der Waals surface area contributed by atoms with E-state index in [1.165, 1.54) is 6.20 Å². The van der Waals surface area contributed by atoms with Crippen molar-refractivity contribution in [2.24, 2.45) is 0 Å². The molecule has 0 aliphatic carbocycles. The van der Waals surface area contributed by atoms with Gasteiger partial charge in [-0.05, 0) is 25.1 Å². The second-order valence-corrected chi connectivity index (χ2v) is 5.83. The van der Waals surface area contributed by atoms with Crippen molar-refractivity contribution in [2.45, 2.75) is 6.92 Å². The van der Waals surface area contributed by atoms with Gasteiger partial charge in [0, 0.05) is 31.7 Å². The molecule has 26 heavy (non-hydrogen) atoms. The highest BCUT2D eigenvalue weighted by atomic mass is 19.1. The first-order valence-electron chi connectivity index (χ1n) is 8.35. The van der Waals surface area contributed by atoms with E-state index in [2.05, 4.69) is 15.2 Å². The first-order valence-corrected chi connectivity index (χ1v) is 8.35. The molecule has 2 aromatic rings. The Kier molecular flexibility index (Phi) is 5.67. The number of anilines is 1. The molecule has 0 atom stereocenters. The Morgan fingerprint density at radius 2 is 2.00 bits per heavy atom. The zero-order chi connectivity index (χ0) is 18.5. The van der Waals surface area contributed by atoms with E-state index in [1.54, 1.807) is 6.92 Å². The van der Waals surface area contributed by atoms with Crippen LogP contribution in [-0.4, -0.2) is 65.4 Å². The third-order valence-corrected chi connectivity index (χ3v) is 4.07. The molecule has 0 bridgehead atoms. The van der Waals surface area contributed by atoms with Crippen LogP contribution in [0.15, 0.2) is 24.4 Å². The molecule has 1 aromatic carbocycles. The standard InChI is InChI=1S/C17H19F2N5O2/c1-2-26-16(25)11-23-5-7-24(8-6-23)17-21-15(10-20-22-17)13-9-12(18)3-4-14(13)19/h3-4,9-10H,2,5-8,11H2,1H3. The van der Waals surface area contributed by atoms with Gasteiger partial charge in [0.1, 0.15) is 11.6 Å². The predicted octanol–water partition coefficient (Wildman–Crippen LogP) is 1.50. The van der Waals surface area contributed by atoms with Crippen LogP contribution in [0.25, 0.3) is 11.3 Å². The molecule has 0 N–H and O–H groups in total. The van der Waals surface area contributed by atoms with Gasteiger partial charge < -0.3 is 9.64 Å². The van der Waals surface area contributed by atoms with E-state index in [0.29, 0.717) is 38.7 Å². The Morgan fingerprint density at radius 3 is 2.73 bits per heavy atom. The van der Waals surface area contributed by atoms with E-state index in [0.717, 1.165) is 18.2 Å². The fraction of sp³-hybridized carbons (Fsp3) is 0.412. The summed E-state index contributed by atoms with van der Waals surface area (Å²) in [6.45, 7) is 4.85. The number of nitrogens with zero attached hydrogens (tertiary/aromatic N) is 5. The van der Waals surface area contributed by atoms with E-state index in [4.69, 9.17) is 4.74 Å². The van der Waals surface area contributed by atoms with E-state index in [9.17, 15) is 13.6 Å². The monoisotopic (exact) mass is 363 g/mol. The molecule has 1 aliphatic heterocycles. The van der Waals surface area contributed by atoms with Gasteiger partial charge >= 0.3 is 5.97 Å². The third-order valence-electron chi connectivity index (χ3n) is 4.07. The highest BCUT2D eigenvalue weighted by Crippen LogP contribution is 2.22. The van der Waals surface area contributed by atoms with Gasteiger partial charge in [-0.1, -0.05) is 0 Å². The van der Waals surface area contributed by atoms with Crippen LogP contribution in [0.5, 0.6) is 0 Å². The van der Waals surface area contributed by atoms with Crippen LogP contribution >= 0.6 is 0 Å². The Morgan fingerprint density at radius 1 is 1.23 bits per heavy atom. The number of halogens is 2. The maximum Gasteiger partial charge on any atom is 0.320 e. The van der Waals surface area contributed by atoms with Gasteiger partial charge in [0.25, 0.3) is 0 Å². The molecule has 0 unspecified atom stereocenters. The highest BCUT2D eigenvalue weighted by Gasteiger charge is 2.22. The molecule has 0 saturated carbocycles. The van der Waals surface area contributed by atoms with Crippen LogP contribution in [-0.2, 0) is 9.53 Å². The van der Waals surface area contributed by atoms with E-state index < -0.39 is 11.6 Å². The van der Waals surface area contributed by atoms with Crippen LogP contribution in [0.4, 0.5) is 14.7 Å². The van der Waals surface area contributed by atoms with Crippen LogP contribution < -0.4 is 4.90 Å². The minimum atomic E-state index is -0.572. The first kappa shape index (κ1) is 18.1. The van der Waals surface area contributed by atoms with Crippen molar-refractivity contribution < 1.29 is 18.3 Å². The quantitative estimate of drug-likeness (QED) is 0.746. The zero-order valence-electron chi connectivity index (χ0n) is 14.4. The minimum absolute atomic E-state index is 0.0436. The Balaban J connectivity index is 1.68. The van der Waals surface area contributed by atoms with Crippen LogP contribution in [0.3, 0.4) is 0 Å². The van der Waals surface area contributed by atoms with Crippen LogP contribution in [0, 0.1) is 11.6 Å². The van der Waals surface area contributed by atoms with Crippen molar-refractivity contribution in [1.29, 1.82) is 0 Å². The molecule has 0 spiro atoms. The summed E-state index contributed by atoms with van der Waals surface area (Å²) in [6, 6.07) is 3.19. The van der Waals surface area contributed by atoms with Crippen molar-refractivity contribution in [1.82, 2.24) is 20.1 Å². The summed E-state index contributed by atoms with van der Waals surface area (Å²) < 4.78 is 32.3. The molecule has 0 radical (unpaired) electrons.